The smallest absolute Gasteiger partial charge is 0.0812 e. The first kappa shape index (κ1) is 7.55. The van der Waals surface area contributed by atoms with Crippen molar-refractivity contribution in [1.82, 2.24) is 0 Å². The Morgan fingerprint density at radius 1 is 1.50 bits per heavy atom. The molecule has 0 aliphatic carbocycles. The van der Waals surface area contributed by atoms with E-state index in [1.807, 2.05) is 6.08 Å². The molecule has 1 unspecified atom stereocenters. The van der Waals surface area contributed by atoms with Crippen molar-refractivity contribution in [1.29, 1.82) is 0 Å². The molecular weight excluding hydrogens is 124 g/mol. The second-order valence-electron chi connectivity index (χ2n) is 2.53. The van der Waals surface area contributed by atoms with E-state index in [1.165, 1.54) is 6.42 Å². The molecule has 0 amide bonds. The summed E-state index contributed by atoms with van der Waals surface area (Å²) in [6.45, 7) is 4.61. The third-order valence-electron chi connectivity index (χ3n) is 1.53. The molecule has 1 saturated heterocycles. The summed E-state index contributed by atoms with van der Waals surface area (Å²) in [4.78, 5) is 0. The Balaban J connectivity index is 1.87. The minimum Gasteiger partial charge on any atom is -0.373 e. The van der Waals surface area contributed by atoms with Crippen LogP contribution in [0.1, 0.15) is 19.3 Å². The Hall–Kier alpha value is -0.560. The van der Waals surface area contributed by atoms with Gasteiger partial charge in [-0.15, -0.1) is 6.58 Å². The number of allylic oxidation sites excluding steroid dienone is 3. The van der Waals surface area contributed by atoms with E-state index in [9.17, 15) is 0 Å². The summed E-state index contributed by atoms with van der Waals surface area (Å²) in [7, 11) is 0. The Bertz CT molecular complexity index is 123. The lowest BCUT2D eigenvalue weighted by atomic mass is 10.2. The Morgan fingerprint density at radius 2 is 2.30 bits per heavy atom. The molecule has 56 valence electrons. The first-order chi connectivity index (χ1) is 4.93. The maximum atomic E-state index is 5.06. The minimum absolute atomic E-state index is 0.577. The third-order valence-corrected chi connectivity index (χ3v) is 1.53. The zero-order valence-corrected chi connectivity index (χ0v) is 6.25. The zero-order valence-electron chi connectivity index (χ0n) is 6.25. The molecule has 1 fully saturated rings. The number of rotatable bonds is 5. The first-order valence-electron chi connectivity index (χ1n) is 3.81. The molecule has 0 spiro atoms. The van der Waals surface area contributed by atoms with Crippen LogP contribution in [-0.4, -0.2) is 12.7 Å². The highest BCUT2D eigenvalue weighted by atomic mass is 16.6. The predicted molar refractivity (Wildman–Crippen MR) is 42.9 cm³/mol. The zero-order chi connectivity index (χ0) is 7.23. The van der Waals surface area contributed by atoms with Gasteiger partial charge >= 0.3 is 0 Å². The SMILES string of the molecule is C=CCC=CCCC1CO1. The van der Waals surface area contributed by atoms with E-state index in [0.29, 0.717) is 6.10 Å². The largest absolute Gasteiger partial charge is 0.373 e. The van der Waals surface area contributed by atoms with Gasteiger partial charge in [0.1, 0.15) is 0 Å². The Kier molecular flexibility index (Phi) is 3.23. The maximum absolute atomic E-state index is 5.06. The van der Waals surface area contributed by atoms with Crippen molar-refractivity contribution in [3.05, 3.63) is 24.8 Å². The lowest BCUT2D eigenvalue weighted by molar-refractivity contribution is 0.398. The monoisotopic (exact) mass is 138 g/mol. The summed E-state index contributed by atoms with van der Waals surface area (Å²) in [6.07, 6.45) is 10.2. The van der Waals surface area contributed by atoms with Crippen LogP contribution < -0.4 is 0 Å². The number of ether oxygens (including phenoxy) is 1. The van der Waals surface area contributed by atoms with Crippen molar-refractivity contribution in [2.75, 3.05) is 6.61 Å². The summed E-state index contributed by atoms with van der Waals surface area (Å²) < 4.78 is 5.06. The highest BCUT2D eigenvalue weighted by Crippen LogP contribution is 2.15. The molecule has 1 rings (SSSR count). The van der Waals surface area contributed by atoms with Crippen molar-refractivity contribution < 1.29 is 4.74 Å². The standard InChI is InChI=1S/C9H14O/c1-2-3-4-5-6-7-9-8-10-9/h2,4-5,9H,1,3,6-8H2. The summed E-state index contributed by atoms with van der Waals surface area (Å²) in [5.41, 5.74) is 0. The highest BCUT2D eigenvalue weighted by Gasteiger charge is 2.20. The van der Waals surface area contributed by atoms with Gasteiger partial charge in [-0.3, -0.25) is 0 Å². The van der Waals surface area contributed by atoms with E-state index in [0.717, 1.165) is 19.4 Å². The Morgan fingerprint density at radius 3 is 2.90 bits per heavy atom. The molecule has 0 saturated carbocycles. The molecule has 0 aromatic carbocycles. The molecule has 1 aliphatic rings. The average Bonchev–Trinajstić information content (AvgIpc) is 2.71. The number of hydrogen-bond acceptors (Lipinski definition) is 1. The van der Waals surface area contributed by atoms with Crippen molar-refractivity contribution in [3.8, 4) is 0 Å². The second-order valence-corrected chi connectivity index (χ2v) is 2.53. The van der Waals surface area contributed by atoms with Crippen molar-refractivity contribution in [3.63, 3.8) is 0 Å². The van der Waals surface area contributed by atoms with Crippen LogP contribution in [0.3, 0.4) is 0 Å². The molecule has 0 radical (unpaired) electrons. The van der Waals surface area contributed by atoms with E-state index in [4.69, 9.17) is 4.74 Å². The summed E-state index contributed by atoms with van der Waals surface area (Å²) in [5.74, 6) is 0. The van der Waals surface area contributed by atoms with E-state index in [2.05, 4.69) is 18.7 Å². The van der Waals surface area contributed by atoms with Gasteiger partial charge in [0.25, 0.3) is 0 Å². The lowest BCUT2D eigenvalue weighted by Crippen LogP contribution is -1.80. The molecule has 1 nitrogen and oxygen atoms in total. The van der Waals surface area contributed by atoms with E-state index >= 15 is 0 Å². The van der Waals surface area contributed by atoms with Crippen LogP contribution in [0, 0.1) is 0 Å². The van der Waals surface area contributed by atoms with Crippen molar-refractivity contribution in [2.45, 2.75) is 25.4 Å². The topological polar surface area (TPSA) is 12.5 Å². The van der Waals surface area contributed by atoms with Crippen LogP contribution in [0.4, 0.5) is 0 Å². The fourth-order valence-electron chi connectivity index (χ4n) is 0.827. The summed E-state index contributed by atoms with van der Waals surface area (Å²) >= 11 is 0. The second kappa shape index (κ2) is 4.29. The van der Waals surface area contributed by atoms with Gasteiger partial charge in [0.15, 0.2) is 0 Å². The predicted octanol–water partition coefficient (Wildman–Crippen LogP) is 2.30. The molecule has 1 aliphatic heterocycles. The van der Waals surface area contributed by atoms with E-state index in [1.54, 1.807) is 0 Å². The van der Waals surface area contributed by atoms with Crippen LogP contribution in [0.2, 0.25) is 0 Å². The van der Waals surface area contributed by atoms with Crippen LogP contribution >= 0.6 is 0 Å². The summed E-state index contributed by atoms with van der Waals surface area (Å²) in [6, 6.07) is 0. The molecule has 10 heavy (non-hydrogen) atoms. The molecule has 0 bridgehead atoms. The molecule has 1 heteroatoms. The quantitative estimate of drug-likeness (QED) is 0.419. The van der Waals surface area contributed by atoms with Gasteiger partial charge in [-0.05, 0) is 19.3 Å². The fourth-order valence-corrected chi connectivity index (χ4v) is 0.827. The highest BCUT2D eigenvalue weighted by molar-refractivity contribution is 4.89. The van der Waals surface area contributed by atoms with Crippen LogP contribution in [-0.2, 0) is 4.74 Å². The van der Waals surface area contributed by atoms with Gasteiger partial charge in [0.2, 0.25) is 0 Å². The van der Waals surface area contributed by atoms with Crippen LogP contribution in [0.25, 0.3) is 0 Å². The first-order valence-corrected chi connectivity index (χ1v) is 3.81. The van der Waals surface area contributed by atoms with E-state index < -0.39 is 0 Å². The molecule has 0 N–H and O–H groups in total. The minimum atomic E-state index is 0.577. The summed E-state index contributed by atoms with van der Waals surface area (Å²) in [5, 5.41) is 0. The van der Waals surface area contributed by atoms with Gasteiger partial charge in [-0.1, -0.05) is 18.2 Å². The molecular formula is C9H14O. The van der Waals surface area contributed by atoms with Crippen molar-refractivity contribution >= 4 is 0 Å². The van der Waals surface area contributed by atoms with Crippen LogP contribution in [0.5, 0.6) is 0 Å². The molecule has 0 aromatic rings. The lowest BCUT2D eigenvalue weighted by Gasteiger charge is -1.86. The number of epoxide rings is 1. The van der Waals surface area contributed by atoms with Gasteiger partial charge in [-0.25, -0.2) is 0 Å². The fraction of sp³-hybridized carbons (Fsp3) is 0.556. The third kappa shape index (κ3) is 3.46. The molecule has 0 aromatic heterocycles. The van der Waals surface area contributed by atoms with Gasteiger partial charge < -0.3 is 4.74 Å². The molecule has 1 heterocycles. The van der Waals surface area contributed by atoms with Crippen LogP contribution in [0.15, 0.2) is 24.8 Å². The van der Waals surface area contributed by atoms with Crippen molar-refractivity contribution in [2.24, 2.45) is 0 Å². The average molecular weight is 138 g/mol. The molecule has 1 atom stereocenters. The van der Waals surface area contributed by atoms with Gasteiger partial charge in [0.05, 0.1) is 12.7 Å². The van der Waals surface area contributed by atoms with Gasteiger partial charge in [0, 0.05) is 0 Å². The maximum Gasteiger partial charge on any atom is 0.0812 e. The van der Waals surface area contributed by atoms with E-state index in [-0.39, 0.29) is 0 Å². The number of hydrogen-bond donors (Lipinski definition) is 0. The Labute approximate surface area is 62.4 Å². The normalized spacial score (nSPS) is 23.4. The van der Waals surface area contributed by atoms with Gasteiger partial charge in [-0.2, -0.15) is 0 Å².